The zero-order valence-electron chi connectivity index (χ0n) is 23.0. The highest BCUT2D eigenvalue weighted by Crippen LogP contribution is 2.48. The Morgan fingerprint density at radius 3 is 2.65 bits per heavy atom. The molecule has 2 aliphatic carbocycles. The topological polar surface area (TPSA) is 143 Å². The van der Waals surface area contributed by atoms with Gasteiger partial charge in [0.15, 0.2) is 0 Å². The van der Waals surface area contributed by atoms with Crippen LogP contribution in [0.4, 0.5) is 4.79 Å². The van der Waals surface area contributed by atoms with E-state index in [0.717, 1.165) is 30.4 Å². The van der Waals surface area contributed by atoms with Crippen molar-refractivity contribution in [2.24, 2.45) is 5.92 Å². The monoisotopic (exact) mass is 549 g/mol. The predicted molar refractivity (Wildman–Crippen MR) is 141 cm³/mol. The van der Waals surface area contributed by atoms with Crippen LogP contribution in [0, 0.1) is 17.2 Å². The van der Waals surface area contributed by atoms with E-state index in [9.17, 15) is 29.5 Å². The number of ether oxygens (including phenoxy) is 1. The molecule has 0 radical (unpaired) electrons. The second-order valence-electron chi connectivity index (χ2n) is 12.8. The SMILES string of the molecule is CC(C)(C)OC(=O)N[C@@H](CN1C[C@H]2C[C@@H]1C(=O)N2[C@H]1CCc2cc(C(=O)O)ccc21)C(=O)N1[C@H](C#N)C[C@@H]2C[C@@H]21. The molecule has 4 fully saturated rings. The number of carbonyl (C=O) groups is 4. The maximum Gasteiger partial charge on any atom is 0.408 e. The molecule has 3 heterocycles. The van der Waals surface area contributed by atoms with E-state index in [4.69, 9.17) is 4.74 Å². The number of hydrogen-bond donors (Lipinski definition) is 2. The highest BCUT2D eigenvalue weighted by Gasteiger charge is 2.57. The molecule has 0 aromatic heterocycles. The Labute approximate surface area is 233 Å². The third kappa shape index (κ3) is 4.58. The second-order valence-corrected chi connectivity index (χ2v) is 12.8. The van der Waals surface area contributed by atoms with Crippen molar-refractivity contribution in [1.82, 2.24) is 20.0 Å². The smallest absolute Gasteiger partial charge is 0.408 e. The van der Waals surface area contributed by atoms with E-state index < -0.39 is 35.8 Å². The predicted octanol–water partition coefficient (Wildman–Crippen LogP) is 2.06. The highest BCUT2D eigenvalue weighted by atomic mass is 16.6. The minimum atomic E-state index is -0.963. The number of amides is 3. The van der Waals surface area contributed by atoms with Gasteiger partial charge in [0.05, 0.1) is 23.7 Å². The quantitative estimate of drug-likeness (QED) is 0.549. The summed E-state index contributed by atoms with van der Waals surface area (Å²) in [7, 11) is 0. The third-order valence-corrected chi connectivity index (χ3v) is 9.00. The number of hydrogen-bond acceptors (Lipinski definition) is 7. The largest absolute Gasteiger partial charge is 0.478 e. The maximum absolute atomic E-state index is 13.8. The van der Waals surface area contributed by atoms with Crippen LogP contribution in [0.1, 0.15) is 74.0 Å². The van der Waals surface area contributed by atoms with Crippen LogP contribution >= 0.6 is 0 Å². The van der Waals surface area contributed by atoms with E-state index in [2.05, 4.69) is 11.4 Å². The molecule has 2 N–H and O–H groups in total. The van der Waals surface area contributed by atoms with Gasteiger partial charge in [-0.25, -0.2) is 9.59 Å². The fourth-order valence-electron chi connectivity index (χ4n) is 7.26. The molecule has 1 saturated carbocycles. The molecule has 11 heteroatoms. The first-order chi connectivity index (χ1) is 18.9. The molecule has 3 amide bonds. The molecule has 1 aromatic rings. The standard InChI is InChI=1S/C29H35N5O6/c1-29(2,3)40-28(39)31-21(25(35)33-18(12-30)9-17-10-23(17)33)14-32-13-19-11-24(32)26(36)34(19)22-7-5-15-8-16(27(37)38)4-6-20(15)22/h4,6,8,17-19,21-24H,5,7,9-11,13-14H2,1-3H3,(H,31,39)(H,37,38)/t17-,18+,19-,21+,22+,23+,24-/m1/s1. The molecule has 11 nitrogen and oxygen atoms in total. The number of likely N-dealkylation sites (tertiary alicyclic amines) is 3. The Morgan fingerprint density at radius 2 is 1.98 bits per heavy atom. The van der Waals surface area contributed by atoms with E-state index in [0.29, 0.717) is 25.3 Å². The summed E-state index contributed by atoms with van der Waals surface area (Å²) >= 11 is 0. The van der Waals surface area contributed by atoms with Gasteiger partial charge in [-0.2, -0.15) is 5.26 Å². The van der Waals surface area contributed by atoms with Crippen molar-refractivity contribution < 1.29 is 29.0 Å². The van der Waals surface area contributed by atoms with Crippen molar-refractivity contribution >= 4 is 23.9 Å². The van der Waals surface area contributed by atoms with Gasteiger partial charge in [-0.05, 0) is 82.1 Å². The second kappa shape index (κ2) is 9.47. The Hall–Kier alpha value is -3.65. The van der Waals surface area contributed by atoms with E-state index in [1.807, 2.05) is 15.9 Å². The Balaban J connectivity index is 1.18. The van der Waals surface area contributed by atoms with Crippen molar-refractivity contribution in [3.63, 3.8) is 0 Å². The average Bonchev–Trinajstić information content (AvgIpc) is 3.22. The molecule has 1 aromatic carbocycles. The Kier molecular flexibility index (Phi) is 6.29. The van der Waals surface area contributed by atoms with E-state index in [1.165, 1.54) is 0 Å². The summed E-state index contributed by atoms with van der Waals surface area (Å²) in [6.45, 7) is 5.99. The first-order valence-electron chi connectivity index (χ1n) is 14.1. The van der Waals surface area contributed by atoms with Gasteiger partial charge in [0.2, 0.25) is 11.8 Å². The number of nitrogens with zero attached hydrogens (tertiary/aromatic N) is 4. The number of aromatic carboxylic acids is 1. The number of fused-ring (bicyclic) bond motifs is 4. The molecule has 7 atom stereocenters. The molecule has 212 valence electrons. The number of aryl methyl sites for hydroxylation is 1. The molecule has 2 bridgehead atoms. The van der Waals surface area contributed by atoms with Crippen molar-refractivity contribution in [2.75, 3.05) is 13.1 Å². The fourth-order valence-corrected chi connectivity index (χ4v) is 7.26. The number of piperidine rings is 1. The summed E-state index contributed by atoms with van der Waals surface area (Å²) in [4.78, 5) is 57.1. The third-order valence-electron chi connectivity index (χ3n) is 9.00. The van der Waals surface area contributed by atoms with Crippen LogP contribution < -0.4 is 5.32 Å². The zero-order chi connectivity index (χ0) is 28.5. The summed E-state index contributed by atoms with van der Waals surface area (Å²) < 4.78 is 5.44. The first kappa shape index (κ1) is 26.6. The lowest BCUT2D eigenvalue weighted by atomic mass is 10.0. The summed E-state index contributed by atoms with van der Waals surface area (Å²) in [5.41, 5.74) is 1.49. The van der Waals surface area contributed by atoms with Gasteiger partial charge in [0, 0.05) is 25.2 Å². The van der Waals surface area contributed by atoms with Gasteiger partial charge in [-0.3, -0.25) is 14.5 Å². The summed E-state index contributed by atoms with van der Waals surface area (Å²) in [5, 5.41) is 21.7. The average molecular weight is 550 g/mol. The van der Waals surface area contributed by atoms with Crippen LogP contribution in [0.25, 0.3) is 0 Å². The number of benzene rings is 1. The molecule has 0 unspecified atom stereocenters. The normalized spacial score (nSPS) is 31.0. The summed E-state index contributed by atoms with van der Waals surface area (Å²) in [6, 6.07) is 5.45. The van der Waals surface area contributed by atoms with Gasteiger partial charge in [0.1, 0.15) is 17.7 Å². The zero-order valence-corrected chi connectivity index (χ0v) is 23.0. The molecule has 40 heavy (non-hydrogen) atoms. The lowest BCUT2D eigenvalue weighted by Gasteiger charge is -2.39. The van der Waals surface area contributed by atoms with E-state index in [-0.39, 0.29) is 42.0 Å². The van der Waals surface area contributed by atoms with Crippen LogP contribution in [0.5, 0.6) is 0 Å². The lowest BCUT2D eigenvalue weighted by Crippen LogP contribution is -2.59. The first-order valence-corrected chi connectivity index (χ1v) is 14.1. The number of carboxylic acids is 1. The summed E-state index contributed by atoms with van der Waals surface area (Å²) in [5.74, 6) is -0.921. The molecule has 6 rings (SSSR count). The number of piperazine rings is 1. The van der Waals surface area contributed by atoms with Crippen LogP contribution in [0.15, 0.2) is 18.2 Å². The highest BCUT2D eigenvalue weighted by molar-refractivity contribution is 5.90. The van der Waals surface area contributed by atoms with Gasteiger partial charge >= 0.3 is 12.1 Å². The van der Waals surface area contributed by atoms with Gasteiger partial charge in [0.25, 0.3) is 0 Å². The Morgan fingerprint density at radius 1 is 1.20 bits per heavy atom. The van der Waals surface area contributed by atoms with Crippen LogP contribution in [-0.4, -0.2) is 92.6 Å². The molecule has 3 saturated heterocycles. The van der Waals surface area contributed by atoms with Gasteiger partial charge in [-0.1, -0.05) is 6.07 Å². The number of rotatable bonds is 6. The van der Waals surface area contributed by atoms with Gasteiger partial charge in [-0.15, -0.1) is 0 Å². The lowest BCUT2D eigenvalue weighted by molar-refractivity contribution is -0.141. The minimum Gasteiger partial charge on any atom is -0.478 e. The Bertz CT molecular complexity index is 1320. The fraction of sp³-hybridized carbons (Fsp3) is 0.621. The molecular formula is C29H35N5O6. The number of nitrogens with one attached hydrogen (secondary N) is 1. The van der Waals surface area contributed by atoms with Crippen molar-refractivity contribution in [1.29, 1.82) is 5.26 Å². The van der Waals surface area contributed by atoms with Crippen molar-refractivity contribution in [3.8, 4) is 6.07 Å². The van der Waals surface area contributed by atoms with E-state index >= 15 is 0 Å². The number of carboxylic acid groups (broad SMARTS) is 1. The molecule has 3 aliphatic heterocycles. The van der Waals surface area contributed by atoms with Crippen molar-refractivity contribution in [3.05, 3.63) is 34.9 Å². The van der Waals surface area contributed by atoms with Crippen LogP contribution in [-0.2, 0) is 20.7 Å². The van der Waals surface area contributed by atoms with Crippen LogP contribution in [0.2, 0.25) is 0 Å². The molecule has 0 spiro atoms. The maximum atomic E-state index is 13.8. The molecular weight excluding hydrogens is 514 g/mol. The van der Waals surface area contributed by atoms with Crippen molar-refractivity contribution in [2.45, 2.75) is 94.7 Å². The number of alkyl carbamates (subject to hydrolysis) is 1. The molecule has 5 aliphatic rings. The number of nitriles is 1. The van der Waals surface area contributed by atoms with Crippen LogP contribution in [0.3, 0.4) is 0 Å². The summed E-state index contributed by atoms with van der Waals surface area (Å²) in [6.07, 6.45) is 2.95. The van der Waals surface area contributed by atoms with E-state index in [1.54, 1.807) is 37.8 Å². The van der Waals surface area contributed by atoms with Gasteiger partial charge < -0.3 is 25.0 Å². The number of carbonyl (C=O) groups excluding carboxylic acids is 3. The minimum absolute atomic E-state index is 0.00166.